The minimum Gasteiger partial charge on any atom is -0.312 e. The molecule has 0 amide bonds. The first-order chi connectivity index (χ1) is 5.83. The summed E-state index contributed by atoms with van der Waals surface area (Å²) in [5.41, 5.74) is 2.53. The summed E-state index contributed by atoms with van der Waals surface area (Å²) in [6.45, 7) is 4.02. The van der Waals surface area contributed by atoms with Crippen LogP contribution in [0, 0.1) is 6.92 Å². The van der Waals surface area contributed by atoms with Gasteiger partial charge in [0, 0.05) is 18.0 Å². The topological polar surface area (TPSA) is 29.1 Å². The molecule has 0 fully saturated rings. The molecule has 2 rings (SSSR count). The van der Waals surface area contributed by atoms with E-state index in [-0.39, 0.29) is 0 Å². The molecule has 2 heterocycles. The zero-order chi connectivity index (χ0) is 8.55. The van der Waals surface area contributed by atoms with Crippen molar-refractivity contribution in [3.8, 4) is 0 Å². The number of fused-ring (bicyclic) bond motifs is 1. The molecule has 1 aliphatic heterocycles. The maximum atomic E-state index is 10.6. The van der Waals surface area contributed by atoms with Gasteiger partial charge in [0.25, 0.3) is 0 Å². The van der Waals surface area contributed by atoms with Crippen LogP contribution < -0.4 is 5.32 Å². The fraction of sp³-hybridized carbons (Fsp3) is 0.444. The Morgan fingerprint density at radius 1 is 1.58 bits per heavy atom. The van der Waals surface area contributed by atoms with Crippen LogP contribution in [0.15, 0.2) is 0 Å². The second kappa shape index (κ2) is 2.99. The Kier molecular flexibility index (Phi) is 1.98. The van der Waals surface area contributed by atoms with Gasteiger partial charge in [-0.3, -0.25) is 4.79 Å². The normalized spacial score (nSPS) is 15.8. The van der Waals surface area contributed by atoms with Gasteiger partial charge in [-0.25, -0.2) is 0 Å². The van der Waals surface area contributed by atoms with Crippen molar-refractivity contribution in [3.63, 3.8) is 0 Å². The number of carbonyl (C=O) groups is 1. The Morgan fingerprint density at radius 2 is 2.42 bits per heavy atom. The van der Waals surface area contributed by atoms with Gasteiger partial charge in [-0.1, -0.05) is 0 Å². The lowest BCUT2D eigenvalue weighted by Crippen LogP contribution is -2.22. The summed E-state index contributed by atoms with van der Waals surface area (Å²) in [7, 11) is 0. The third kappa shape index (κ3) is 1.09. The monoisotopic (exact) mass is 181 g/mol. The number of rotatable bonds is 1. The van der Waals surface area contributed by atoms with E-state index in [1.54, 1.807) is 11.3 Å². The van der Waals surface area contributed by atoms with E-state index < -0.39 is 0 Å². The smallest absolute Gasteiger partial charge is 0.160 e. The number of carbonyl (C=O) groups excluding carboxylic acids is 1. The Bertz CT molecular complexity index is 317. The third-order valence-corrected chi connectivity index (χ3v) is 3.65. The maximum Gasteiger partial charge on any atom is 0.160 e. The van der Waals surface area contributed by atoms with Crippen LogP contribution in [-0.2, 0) is 13.0 Å². The average Bonchev–Trinajstić information content (AvgIpc) is 2.44. The Morgan fingerprint density at radius 3 is 3.08 bits per heavy atom. The molecule has 0 unspecified atom stereocenters. The molecule has 2 nitrogen and oxygen atoms in total. The molecule has 3 heteroatoms. The highest BCUT2D eigenvalue weighted by Crippen LogP contribution is 2.28. The van der Waals surface area contributed by atoms with Gasteiger partial charge in [-0.15, -0.1) is 11.3 Å². The van der Waals surface area contributed by atoms with Crippen molar-refractivity contribution >= 4 is 17.6 Å². The van der Waals surface area contributed by atoms with Crippen LogP contribution in [0.2, 0.25) is 0 Å². The molecule has 1 aromatic heterocycles. The van der Waals surface area contributed by atoms with E-state index in [4.69, 9.17) is 0 Å². The number of hydrogen-bond acceptors (Lipinski definition) is 3. The van der Waals surface area contributed by atoms with Crippen molar-refractivity contribution < 1.29 is 4.79 Å². The number of thiophene rings is 1. The minimum absolute atomic E-state index is 0.906. The Balaban J connectivity index is 2.51. The summed E-state index contributed by atoms with van der Waals surface area (Å²) in [5.74, 6) is 0. The molecule has 0 spiro atoms. The van der Waals surface area contributed by atoms with Crippen molar-refractivity contribution in [2.75, 3.05) is 6.54 Å². The molecule has 0 saturated carbocycles. The maximum absolute atomic E-state index is 10.6. The second-order valence-corrected chi connectivity index (χ2v) is 4.17. The lowest BCUT2D eigenvalue weighted by atomic mass is 10.1. The van der Waals surface area contributed by atoms with Crippen molar-refractivity contribution in [2.24, 2.45) is 0 Å². The molecular weight excluding hydrogens is 170 g/mol. The first kappa shape index (κ1) is 7.95. The van der Waals surface area contributed by atoms with Crippen molar-refractivity contribution in [1.82, 2.24) is 5.32 Å². The second-order valence-electron chi connectivity index (χ2n) is 3.04. The zero-order valence-electron chi connectivity index (χ0n) is 7.02. The Labute approximate surface area is 75.6 Å². The van der Waals surface area contributed by atoms with Crippen LogP contribution >= 0.6 is 11.3 Å². The molecule has 0 aromatic carbocycles. The number of nitrogens with one attached hydrogen (secondary N) is 1. The van der Waals surface area contributed by atoms with Gasteiger partial charge in [0.05, 0.1) is 4.88 Å². The molecule has 64 valence electrons. The highest BCUT2D eigenvalue weighted by molar-refractivity contribution is 7.14. The van der Waals surface area contributed by atoms with Crippen molar-refractivity contribution in [3.05, 3.63) is 20.9 Å². The first-order valence-electron chi connectivity index (χ1n) is 4.10. The molecule has 0 saturated heterocycles. The molecule has 1 N–H and O–H groups in total. The van der Waals surface area contributed by atoms with Crippen molar-refractivity contribution in [2.45, 2.75) is 19.9 Å². The predicted molar refractivity (Wildman–Crippen MR) is 49.9 cm³/mol. The van der Waals surface area contributed by atoms with E-state index in [2.05, 4.69) is 5.32 Å². The van der Waals surface area contributed by atoms with Gasteiger partial charge in [-0.2, -0.15) is 0 Å². The SMILES string of the molecule is Cc1c(C=O)sc2c1CNCC2. The lowest BCUT2D eigenvalue weighted by Gasteiger charge is -2.12. The average molecular weight is 181 g/mol. The van der Waals surface area contributed by atoms with Gasteiger partial charge >= 0.3 is 0 Å². The van der Waals surface area contributed by atoms with Crippen LogP contribution in [0.3, 0.4) is 0 Å². The summed E-state index contributed by atoms with van der Waals surface area (Å²) in [5, 5.41) is 3.31. The van der Waals surface area contributed by atoms with Gasteiger partial charge in [0.1, 0.15) is 0 Å². The van der Waals surface area contributed by atoms with E-state index in [9.17, 15) is 4.79 Å². The van der Waals surface area contributed by atoms with E-state index in [1.807, 2.05) is 6.92 Å². The molecule has 1 aliphatic rings. The molecule has 0 atom stereocenters. The fourth-order valence-electron chi connectivity index (χ4n) is 1.59. The third-order valence-electron chi connectivity index (χ3n) is 2.33. The Hall–Kier alpha value is -0.670. The minimum atomic E-state index is 0.906. The summed E-state index contributed by atoms with van der Waals surface area (Å²) >= 11 is 1.65. The molecule has 12 heavy (non-hydrogen) atoms. The van der Waals surface area contributed by atoms with E-state index >= 15 is 0 Å². The summed E-state index contributed by atoms with van der Waals surface area (Å²) < 4.78 is 0. The lowest BCUT2D eigenvalue weighted by molar-refractivity contribution is 0.112. The highest BCUT2D eigenvalue weighted by Gasteiger charge is 2.16. The molecule has 0 bridgehead atoms. The largest absolute Gasteiger partial charge is 0.312 e. The molecule has 0 radical (unpaired) electrons. The van der Waals surface area contributed by atoms with Crippen molar-refractivity contribution in [1.29, 1.82) is 0 Å². The summed E-state index contributed by atoms with van der Waals surface area (Å²) in [6.07, 6.45) is 2.05. The molecule has 1 aromatic rings. The van der Waals surface area contributed by atoms with Crippen LogP contribution in [0.4, 0.5) is 0 Å². The number of aldehydes is 1. The van der Waals surface area contributed by atoms with E-state index in [1.165, 1.54) is 16.0 Å². The molecular formula is C9H11NOS. The van der Waals surface area contributed by atoms with Gasteiger partial charge in [0.15, 0.2) is 6.29 Å². The quantitative estimate of drug-likeness (QED) is 0.665. The standard InChI is InChI=1S/C9H11NOS/c1-6-7-4-10-3-2-8(7)12-9(6)5-11/h5,10H,2-4H2,1H3. The zero-order valence-corrected chi connectivity index (χ0v) is 7.83. The highest BCUT2D eigenvalue weighted by atomic mass is 32.1. The van der Waals surface area contributed by atoms with Crippen LogP contribution in [0.5, 0.6) is 0 Å². The van der Waals surface area contributed by atoms with Gasteiger partial charge in [0.2, 0.25) is 0 Å². The van der Waals surface area contributed by atoms with E-state index in [0.717, 1.165) is 30.7 Å². The van der Waals surface area contributed by atoms with E-state index in [0.29, 0.717) is 0 Å². The number of hydrogen-bond donors (Lipinski definition) is 1. The van der Waals surface area contributed by atoms with Crippen LogP contribution in [0.25, 0.3) is 0 Å². The van der Waals surface area contributed by atoms with Gasteiger partial charge in [-0.05, 0) is 24.5 Å². The van der Waals surface area contributed by atoms with Crippen LogP contribution in [-0.4, -0.2) is 12.8 Å². The van der Waals surface area contributed by atoms with Gasteiger partial charge < -0.3 is 5.32 Å². The molecule has 0 aliphatic carbocycles. The predicted octanol–water partition coefficient (Wildman–Crippen LogP) is 1.51. The fourth-order valence-corrected chi connectivity index (χ4v) is 2.73. The van der Waals surface area contributed by atoms with Crippen LogP contribution in [0.1, 0.15) is 25.7 Å². The summed E-state index contributed by atoms with van der Waals surface area (Å²) in [4.78, 5) is 12.9. The first-order valence-corrected chi connectivity index (χ1v) is 4.91. The summed E-state index contributed by atoms with van der Waals surface area (Å²) in [6, 6.07) is 0.